The Balaban J connectivity index is 1.71. The van der Waals surface area contributed by atoms with E-state index in [0.29, 0.717) is 29.3 Å². The molecule has 0 radical (unpaired) electrons. The summed E-state index contributed by atoms with van der Waals surface area (Å²) in [6, 6.07) is 2.34. The molecule has 2 N–H and O–H groups in total. The summed E-state index contributed by atoms with van der Waals surface area (Å²) in [6.45, 7) is 6.38. The summed E-state index contributed by atoms with van der Waals surface area (Å²) in [7, 11) is 0. The molecule has 1 fully saturated rings. The van der Waals surface area contributed by atoms with Crippen LogP contribution in [0.4, 0.5) is 0 Å². The van der Waals surface area contributed by atoms with Crippen molar-refractivity contribution in [2.24, 2.45) is 5.92 Å². The molecule has 1 unspecified atom stereocenters. The molecule has 0 aromatic carbocycles. The molecule has 3 rings (SSSR count). The lowest BCUT2D eigenvalue weighted by atomic mass is 9.92. The van der Waals surface area contributed by atoms with Crippen molar-refractivity contribution in [1.82, 2.24) is 15.3 Å². The third kappa shape index (κ3) is 5.25. The Kier molecular flexibility index (Phi) is 7.59. The first-order valence-corrected chi connectivity index (χ1v) is 12.5. The number of thioether (sulfide) groups is 1. The van der Waals surface area contributed by atoms with Gasteiger partial charge in [-0.2, -0.15) is 5.26 Å². The Hall–Kier alpha value is -1.85. The number of carbonyl (C=O) groups is 1. The number of carbonyl (C=O) groups excluding carboxylic acids is 1. The molecule has 162 valence electrons. The molecule has 0 spiro atoms. The SMILES string of the molecule is CCC(C)Cc1c(C)sc2nc(SCC(=O)NC3(C#N)CCCCCC3)[nH]c(=O)c12. The highest BCUT2D eigenvalue weighted by Crippen LogP contribution is 2.31. The van der Waals surface area contributed by atoms with Crippen LogP contribution < -0.4 is 10.9 Å². The van der Waals surface area contributed by atoms with E-state index in [1.165, 1.54) is 23.1 Å². The summed E-state index contributed by atoms with van der Waals surface area (Å²) in [5.74, 6) is 0.447. The fourth-order valence-electron chi connectivity index (χ4n) is 4.00. The van der Waals surface area contributed by atoms with Crippen LogP contribution in [0.25, 0.3) is 10.2 Å². The standard InChI is InChI=1S/C22H30N4O2S2/c1-4-14(2)11-16-15(3)30-20-18(16)19(28)24-21(25-20)29-12-17(27)26-22(13-23)9-7-5-6-8-10-22/h14H,4-12H2,1-3H3,(H,26,27)(H,24,25,28). The van der Waals surface area contributed by atoms with Gasteiger partial charge < -0.3 is 10.3 Å². The number of hydrogen-bond acceptors (Lipinski definition) is 6. The molecule has 8 heteroatoms. The molecule has 2 heterocycles. The summed E-state index contributed by atoms with van der Waals surface area (Å²) in [4.78, 5) is 34.6. The van der Waals surface area contributed by atoms with Crippen LogP contribution in [0.15, 0.2) is 9.95 Å². The number of thiophene rings is 1. The Morgan fingerprint density at radius 2 is 2.07 bits per heavy atom. The second-order valence-corrected chi connectivity index (χ2v) is 10.5. The molecular formula is C22H30N4O2S2. The molecular weight excluding hydrogens is 416 g/mol. The maximum Gasteiger partial charge on any atom is 0.260 e. The van der Waals surface area contributed by atoms with E-state index in [9.17, 15) is 14.9 Å². The number of H-pyrrole nitrogens is 1. The van der Waals surface area contributed by atoms with Gasteiger partial charge in [0.05, 0.1) is 17.2 Å². The summed E-state index contributed by atoms with van der Waals surface area (Å²) in [5.41, 5.74) is 0.203. The molecule has 2 aromatic rings. The summed E-state index contributed by atoms with van der Waals surface area (Å²) in [6.07, 6.45) is 7.49. The van der Waals surface area contributed by atoms with Gasteiger partial charge in [-0.3, -0.25) is 9.59 Å². The predicted molar refractivity (Wildman–Crippen MR) is 123 cm³/mol. The Morgan fingerprint density at radius 1 is 1.37 bits per heavy atom. The number of nitrogens with zero attached hydrogens (tertiary/aromatic N) is 2. The monoisotopic (exact) mass is 446 g/mol. The van der Waals surface area contributed by atoms with Crippen molar-refractivity contribution in [2.45, 2.75) is 82.8 Å². The lowest BCUT2D eigenvalue weighted by Gasteiger charge is -2.26. The van der Waals surface area contributed by atoms with E-state index in [2.05, 4.69) is 35.2 Å². The number of fused-ring (bicyclic) bond motifs is 1. The number of aryl methyl sites for hydroxylation is 1. The first-order chi connectivity index (χ1) is 14.4. The van der Waals surface area contributed by atoms with Crippen molar-refractivity contribution in [2.75, 3.05) is 5.75 Å². The molecule has 0 bridgehead atoms. The van der Waals surface area contributed by atoms with Gasteiger partial charge >= 0.3 is 0 Å². The van der Waals surface area contributed by atoms with E-state index in [1.54, 1.807) is 0 Å². The molecule has 0 saturated heterocycles. The molecule has 1 amide bonds. The Bertz CT molecular complexity index is 997. The van der Waals surface area contributed by atoms with Gasteiger partial charge in [0.25, 0.3) is 5.56 Å². The molecule has 6 nitrogen and oxygen atoms in total. The van der Waals surface area contributed by atoms with Crippen molar-refractivity contribution in [3.8, 4) is 6.07 Å². The van der Waals surface area contributed by atoms with Gasteiger partial charge in [-0.05, 0) is 37.7 Å². The lowest BCUT2D eigenvalue weighted by molar-refractivity contribution is -0.120. The number of rotatable bonds is 7. The highest BCUT2D eigenvalue weighted by atomic mass is 32.2. The quantitative estimate of drug-likeness (QED) is 0.365. The van der Waals surface area contributed by atoms with Crippen LogP contribution in [0, 0.1) is 24.2 Å². The van der Waals surface area contributed by atoms with Crippen molar-refractivity contribution in [1.29, 1.82) is 5.26 Å². The molecule has 1 saturated carbocycles. The van der Waals surface area contributed by atoms with E-state index in [0.717, 1.165) is 53.8 Å². The second-order valence-electron chi connectivity index (χ2n) is 8.35. The third-order valence-corrected chi connectivity index (χ3v) is 7.89. The summed E-state index contributed by atoms with van der Waals surface area (Å²) >= 11 is 2.75. The fourth-order valence-corrected chi connectivity index (χ4v) is 5.77. The highest BCUT2D eigenvalue weighted by Gasteiger charge is 2.32. The maximum atomic E-state index is 12.8. The van der Waals surface area contributed by atoms with Gasteiger partial charge in [0, 0.05) is 4.88 Å². The summed E-state index contributed by atoms with van der Waals surface area (Å²) < 4.78 is 0. The molecule has 1 aliphatic carbocycles. The smallest absolute Gasteiger partial charge is 0.260 e. The van der Waals surface area contributed by atoms with E-state index in [1.807, 2.05) is 6.92 Å². The topological polar surface area (TPSA) is 98.6 Å². The average molecular weight is 447 g/mol. The average Bonchev–Trinajstić information content (AvgIpc) is 2.89. The minimum Gasteiger partial charge on any atom is -0.337 e. The fraction of sp³-hybridized carbons (Fsp3) is 0.636. The van der Waals surface area contributed by atoms with Crippen LogP contribution >= 0.6 is 23.1 Å². The molecule has 2 aromatic heterocycles. The first kappa shape index (κ1) is 22.8. The molecule has 30 heavy (non-hydrogen) atoms. The van der Waals surface area contributed by atoms with Crippen LogP contribution in [-0.2, 0) is 11.2 Å². The van der Waals surface area contributed by atoms with Crippen molar-refractivity contribution < 1.29 is 4.79 Å². The number of hydrogen-bond donors (Lipinski definition) is 2. The van der Waals surface area contributed by atoms with Crippen LogP contribution in [0.2, 0.25) is 0 Å². The number of amides is 1. The number of nitriles is 1. The lowest BCUT2D eigenvalue weighted by Crippen LogP contribution is -2.47. The normalized spacial score (nSPS) is 17.3. The van der Waals surface area contributed by atoms with Crippen LogP contribution in [0.5, 0.6) is 0 Å². The zero-order valence-corrected chi connectivity index (χ0v) is 19.6. The predicted octanol–water partition coefficient (Wildman–Crippen LogP) is 4.71. The Morgan fingerprint density at radius 3 is 2.70 bits per heavy atom. The number of aromatic nitrogens is 2. The highest BCUT2D eigenvalue weighted by molar-refractivity contribution is 7.99. The zero-order valence-electron chi connectivity index (χ0n) is 18.0. The van der Waals surface area contributed by atoms with Crippen LogP contribution in [0.1, 0.15) is 69.2 Å². The molecule has 0 aliphatic heterocycles. The van der Waals surface area contributed by atoms with E-state index < -0.39 is 5.54 Å². The largest absolute Gasteiger partial charge is 0.337 e. The molecule has 1 atom stereocenters. The molecule has 1 aliphatic rings. The van der Waals surface area contributed by atoms with Crippen molar-refractivity contribution in [3.05, 3.63) is 20.8 Å². The van der Waals surface area contributed by atoms with E-state index >= 15 is 0 Å². The van der Waals surface area contributed by atoms with Gasteiger partial charge in [0.15, 0.2) is 5.16 Å². The number of nitrogens with one attached hydrogen (secondary N) is 2. The van der Waals surface area contributed by atoms with Gasteiger partial charge in [-0.15, -0.1) is 11.3 Å². The van der Waals surface area contributed by atoms with E-state index in [4.69, 9.17) is 0 Å². The van der Waals surface area contributed by atoms with Crippen LogP contribution in [0.3, 0.4) is 0 Å². The zero-order chi connectivity index (χ0) is 21.7. The van der Waals surface area contributed by atoms with Crippen molar-refractivity contribution in [3.63, 3.8) is 0 Å². The van der Waals surface area contributed by atoms with Gasteiger partial charge in [0.2, 0.25) is 5.91 Å². The number of aromatic amines is 1. The van der Waals surface area contributed by atoms with Gasteiger partial charge in [-0.25, -0.2) is 4.98 Å². The Labute approximate surface area is 185 Å². The van der Waals surface area contributed by atoms with E-state index in [-0.39, 0.29) is 17.2 Å². The van der Waals surface area contributed by atoms with Gasteiger partial charge in [0.1, 0.15) is 10.4 Å². The van der Waals surface area contributed by atoms with Crippen LogP contribution in [-0.4, -0.2) is 27.2 Å². The first-order valence-electron chi connectivity index (χ1n) is 10.7. The maximum absolute atomic E-state index is 12.8. The minimum atomic E-state index is -0.755. The van der Waals surface area contributed by atoms with Crippen molar-refractivity contribution >= 4 is 39.2 Å². The second kappa shape index (κ2) is 9.97. The summed E-state index contributed by atoms with van der Waals surface area (Å²) in [5, 5.41) is 13.7. The van der Waals surface area contributed by atoms with Gasteiger partial charge in [-0.1, -0.05) is 57.7 Å². The third-order valence-electron chi connectivity index (χ3n) is 5.98. The minimum absolute atomic E-state index is 0.127.